The summed E-state index contributed by atoms with van der Waals surface area (Å²) >= 11 is 0. The topological polar surface area (TPSA) is 72.2 Å². The van der Waals surface area contributed by atoms with Crippen molar-refractivity contribution < 1.29 is 9.00 Å². The Kier molecular flexibility index (Phi) is 6.99. The number of carbonyl (C=O) groups excluding carboxylic acids is 1. The molecule has 0 fully saturated rings. The van der Waals surface area contributed by atoms with Crippen LogP contribution in [0.15, 0.2) is 24.3 Å². The zero-order valence-electron chi connectivity index (χ0n) is 11.8. The quantitative estimate of drug-likeness (QED) is 0.792. The van der Waals surface area contributed by atoms with Crippen molar-refractivity contribution in [3.8, 4) is 11.8 Å². The summed E-state index contributed by atoms with van der Waals surface area (Å²) < 4.78 is 11.0. The molecule has 3 N–H and O–H groups in total. The first-order valence-corrected chi connectivity index (χ1v) is 8.15. The fourth-order valence-electron chi connectivity index (χ4n) is 1.58. The lowest BCUT2D eigenvalue weighted by atomic mass is 10.1. The van der Waals surface area contributed by atoms with Gasteiger partial charge in [-0.05, 0) is 37.6 Å². The van der Waals surface area contributed by atoms with E-state index in [1.54, 1.807) is 30.5 Å². The maximum absolute atomic E-state index is 12.0. The van der Waals surface area contributed by atoms with Crippen LogP contribution in [0.4, 0.5) is 0 Å². The Labute approximate surface area is 122 Å². The molecule has 0 saturated heterocycles. The van der Waals surface area contributed by atoms with Crippen molar-refractivity contribution in [1.29, 1.82) is 0 Å². The molecule has 1 aromatic carbocycles. The number of nitrogens with two attached hydrogens (primary N) is 1. The Balaban J connectivity index is 2.57. The first-order chi connectivity index (χ1) is 9.52. The van der Waals surface area contributed by atoms with Gasteiger partial charge in [0.1, 0.15) is 0 Å². The van der Waals surface area contributed by atoms with Gasteiger partial charge in [0.05, 0.1) is 6.54 Å². The van der Waals surface area contributed by atoms with Crippen molar-refractivity contribution in [2.75, 3.05) is 18.6 Å². The molecule has 0 aliphatic heterocycles. The molecule has 2 atom stereocenters. The van der Waals surface area contributed by atoms with E-state index in [0.29, 0.717) is 24.3 Å². The molecule has 0 aromatic heterocycles. The molecule has 1 amide bonds. The van der Waals surface area contributed by atoms with E-state index in [2.05, 4.69) is 17.2 Å². The highest BCUT2D eigenvalue weighted by Crippen LogP contribution is 2.04. The lowest BCUT2D eigenvalue weighted by Gasteiger charge is -2.13. The summed E-state index contributed by atoms with van der Waals surface area (Å²) in [7, 11) is -0.829. The van der Waals surface area contributed by atoms with Gasteiger partial charge in [-0.15, -0.1) is 0 Å². The van der Waals surface area contributed by atoms with Crippen molar-refractivity contribution in [2.45, 2.75) is 19.4 Å². The average Bonchev–Trinajstić information content (AvgIpc) is 2.43. The van der Waals surface area contributed by atoms with Crippen molar-refractivity contribution in [1.82, 2.24) is 5.32 Å². The number of amides is 1. The van der Waals surface area contributed by atoms with E-state index in [0.717, 1.165) is 5.56 Å². The second-order valence-electron chi connectivity index (χ2n) is 4.52. The van der Waals surface area contributed by atoms with Gasteiger partial charge in [0, 0.05) is 40.0 Å². The van der Waals surface area contributed by atoms with Crippen molar-refractivity contribution >= 4 is 16.7 Å². The highest BCUT2D eigenvalue weighted by atomic mass is 32.2. The number of hydrogen-bond donors (Lipinski definition) is 2. The Morgan fingerprint density at radius 3 is 2.60 bits per heavy atom. The van der Waals surface area contributed by atoms with E-state index in [1.807, 2.05) is 6.92 Å². The summed E-state index contributed by atoms with van der Waals surface area (Å²) in [4.78, 5) is 12.0. The maximum atomic E-state index is 12.0. The molecule has 0 aliphatic rings. The van der Waals surface area contributed by atoms with Crippen LogP contribution >= 0.6 is 0 Å². The number of carbonyl (C=O) groups is 1. The maximum Gasteiger partial charge on any atom is 0.251 e. The average molecular weight is 292 g/mol. The van der Waals surface area contributed by atoms with Gasteiger partial charge >= 0.3 is 0 Å². The molecule has 4 nitrogen and oxygen atoms in total. The number of benzene rings is 1. The van der Waals surface area contributed by atoms with E-state index in [-0.39, 0.29) is 11.9 Å². The third-order valence-electron chi connectivity index (χ3n) is 2.70. The molecule has 2 unspecified atom stereocenters. The van der Waals surface area contributed by atoms with Gasteiger partial charge in [-0.2, -0.15) is 0 Å². The Hall–Kier alpha value is -1.64. The van der Waals surface area contributed by atoms with Crippen LogP contribution in [0.5, 0.6) is 0 Å². The van der Waals surface area contributed by atoms with Gasteiger partial charge in [0.25, 0.3) is 5.91 Å². The monoisotopic (exact) mass is 292 g/mol. The van der Waals surface area contributed by atoms with Gasteiger partial charge in [-0.25, -0.2) is 0 Å². The highest BCUT2D eigenvalue weighted by molar-refractivity contribution is 7.84. The summed E-state index contributed by atoms with van der Waals surface area (Å²) in [5.74, 6) is 6.13. The minimum atomic E-state index is -0.829. The molecule has 0 bridgehead atoms. The van der Waals surface area contributed by atoms with Crippen molar-refractivity contribution in [2.24, 2.45) is 5.73 Å². The van der Waals surface area contributed by atoms with Crippen LogP contribution in [-0.2, 0) is 10.8 Å². The van der Waals surface area contributed by atoms with Crippen LogP contribution < -0.4 is 11.1 Å². The number of nitrogens with one attached hydrogen (secondary N) is 1. The molecule has 1 rings (SSSR count). The van der Waals surface area contributed by atoms with E-state index < -0.39 is 10.8 Å². The second kappa shape index (κ2) is 8.51. The molecule has 0 spiro atoms. The Morgan fingerprint density at radius 2 is 2.05 bits per heavy atom. The summed E-state index contributed by atoms with van der Waals surface area (Å²) in [5, 5.41) is 2.88. The van der Waals surface area contributed by atoms with Gasteiger partial charge in [-0.1, -0.05) is 11.8 Å². The zero-order chi connectivity index (χ0) is 15.0. The van der Waals surface area contributed by atoms with Gasteiger partial charge in [-0.3, -0.25) is 9.00 Å². The van der Waals surface area contributed by atoms with E-state index in [9.17, 15) is 9.00 Å². The Bertz CT molecular complexity index is 529. The molecule has 0 heterocycles. The predicted octanol–water partition coefficient (Wildman–Crippen LogP) is 0.884. The SMILES string of the molecule is CC(CCS(C)=O)NC(=O)c1ccc(C#CCN)cc1. The molecule has 20 heavy (non-hydrogen) atoms. The van der Waals surface area contributed by atoms with Crippen LogP contribution in [0.1, 0.15) is 29.3 Å². The van der Waals surface area contributed by atoms with E-state index in [4.69, 9.17) is 5.73 Å². The molecular formula is C15H20N2O2S. The molecule has 0 radical (unpaired) electrons. The minimum absolute atomic E-state index is 0.00288. The third-order valence-corrected chi connectivity index (χ3v) is 3.51. The predicted molar refractivity (Wildman–Crippen MR) is 82.9 cm³/mol. The summed E-state index contributed by atoms with van der Waals surface area (Å²) in [6.07, 6.45) is 2.37. The summed E-state index contributed by atoms with van der Waals surface area (Å²) in [6, 6.07) is 7.07. The molecular weight excluding hydrogens is 272 g/mol. The summed E-state index contributed by atoms with van der Waals surface area (Å²) in [5.41, 5.74) is 6.72. The first kappa shape index (κ1) is 16.4. The number of rotatable bonds is 5. The van der Waals surface area contributed by atoms with E-state index >= 15 is 0 Å². The van der Waals surface area contributed by atoms with Gasteiger partial charge in [0.15, 0.2) is 0 Å². The normalized spacial score (nSPS) is 12.9. The fraction of sp³-hybridized carbons (Fsp3) is 0.400. The lowest BCUT2D eigenvalue weighted by Crippen LogP contribution is -2.33. The lowest BCUT2D eigenvalue weighted by molar-refractivity contribution is 0.0939. The van der Waals surface area contributed by atoms with Crippen molar-refractivity contribution in [3.63, 3.8) is 0 Å². The highest BCUT2D eigenvalue weighted by Gasteiger charge is 2.09. The zero-order valence-corrected chi connectivity index (χ0v) is 12.6. The van der Waals surface area contributed by atoms with Crippen molar-refractivity contribution in [3.05, 3.63) is 35.4 Å². The molecule has 1 aromatic rings. The minimum Gasteiger partial charge on any atom is -0.350 e. The van der Waals surface area contributed by atoms with Crippen LogP contribution in [0.3, 0.4) is 0 Å². The standard InChI is InChI=1S/C15H20N2O2S/c1-12(9-11-20(2)19)17-15(18)14-7-5-13(6-8-14)4-3-10-16/h5-8,12H,9-11,16H2,1-2H3,(H,17,18). The molecule has 108 valence electrons. The van der Waals surface area contributed by atoms with Crippen LogP contribution in [0.2, 0.25) is 0 Å². The van der Waals surface area contributed by atoms with Gasteiger partial charge < -0.3 is 11.1 Å². The first-order valence-electron chi connectivity index (χ1n) is 6.43. The fourth-order valence-corrected chi connectivity index (χ4v) is 2.27. The largest absolute Gasteiger partial charge is 0.350 e. The van der Waals surface area contributed by atoms with E-state index in [1.165, 1.54) is 0 Å². The Morgan fingerprint density at radius 1 is 1.40 bits per heavy atom. The van der Waals surface area contributed by atoms with Crippen LogP contribution in [0, 0.1) is 11.8 Å². The number of hydrogen-bond acceptors (Lipinski definition) is 3. The van der Waals surface area contributed by atoms with Crippen LogP contribution in [-0.4, -0.2) is 34.7 Å². The molecule has 0 aliphatic carbocycles. The second-order valence-corrected chi connectivity index (χ2v) is 6.08. The third kappa shape index (κ3) is 6.00. The van der Waals surface area contributed by atoms with Gasteiger partial charge in [0.2, 0.25) is 0 Å². The smallest absolute Gasteiger partial charge is 0.251 e. The molecule has 5 heteroatoms. The summed E-state index contributed by atoms with van der Waals surface area (Å²) in [6.45, 7) is 2.23. The molecule has 0 saturated carbocycles. The van der Waals surface area contributed by atoms with Crippen LogP contribution in [0.25, 0.3) is 0 Å².